The van der Waals surface area contributed by atoms with Crippen LogP contribution in [-0.4, -0.2) is 86.0 Å². The molecule has 0 aliphatic carbocycles. The first-order valence-corrected chi connectivity index (χ1v) is 8.46. The normalized spacial score (nSPS) is 28.4. The molecule has 3 aliphatic rings. The Morgan fingerprint density at radius 1 is 1.18 bits per heavy atom. The second kappa shape index (κ2) is 6.96. The fourth-order valence-electron chi connectivity index (χ4n) is 3.77. The molecule has 3 rings (SSSR count). The van der Waals surface area contributed by atoms with E-state index in [0.717, 1.165) is 58.8 Å². The number of carbonyl (C=O) groups excluding carboxylic acids is 2. The maximum atomic E-state index is 12.5. The highest BCUT2D eigenvalue weighted by Crippen LogP contribution is 2.24. The fourth-order valence-corrected chi connectivity index (χ4v) is 3.77. The molecule has 0 bridgehead atoms. The molecule has 6 nitrogen and oxygen atoms in total. The third kappa shape index (κ3) is 3.60. The van der Waals surface area contributed by atoms with Crippen molar-refractivity contribution >= 4 is 11.8 Å². The minimum absolute atomic E-state index is 0.0977. The summed E-state index contributed by atoms with van der Waals surface area (Å²) in [5.41, 5.74) is 0. The summed E-state index contributed by atoms with van der Waals surface area (Å²) in [5, 5.41) is 0. The molecule has 6 heteroatoms. The van der Waals surface area contributed by atoms with Crippen molar-refractivity contribution in [3.05, 3.63) is 0 Å². The van der Waals surface area contributed by atoms with Gasteiger partial charge in [0.05, 0.1) is 19.1 Å². The van der Waals surface area contributed by atoms with Gasteiger partial charge in [0.25, 0.3) is 0 Å². The summed E-state index contributed by atoms with van der Waals surface area (Å²) >= 11 is 0. The molecule has 0 unspecified atom stereocenters. The molecule has 0 aromatic carbocycles. The van der Waals surface area contributed by atoms with Gasteiger partial charge in [-0.15, -0.1) is 0 Å². The van der Waals surface area contributed by atoms with Crippen LogP contribution in [-0.2, 0) is 14.3 Å². The highest BCUT2D eigenvalue weighted by molar-refractivity contribution is 5.89. The number of ether oxygens (including phenoxy) is 1. The Morgan fingerprint density at radius 3 is 2.45 bits per heavy atom. The molecule has 0 saturated carbocycles. The van der Waals surface area contributed by atoms with Gasteiger partial charge >= 0.3 is 0 Å². The van der Waals surface area contributed by atoms with E-state index >= 15 is 0 Å². The summed E-state index contributed by atoms with van der Waals surface area (Å²) in [7, 11) is 1.78. The molecule has 0 aromatic rings. The number of rotatable bonds is 3. The highest BCUT2D eigenvalue weighted by atomic mass is 16.5. The molecular weight excluding hydrogens is 282 g/mol. The van der Waals surface area contributed by atoms with E-state index in [1.807, 2.05) is 4.90 Å². The lowest BCUT2D eigenvalue weighted by Crippen LogP contribution is -2.45. The summed E-state index contributed by atoms with van der Waals surface area (Å²) in [4.78, 5) is 30.2. The predicted octanol–water partition coefficient (Wildman–Crippen LogP) is 0.0355. The third-order valence-corrected chi connectivity index (χ3v) is 5.24. The van der Waals surface area contributed by atoms with Crippen LogP contribution in [0.1, 0.15) is 19.3 Å². The van der Waals surface area contributed by atoms with Crippen molar-refractivity contribution in [2.75, 3.05) is 59.5 Å². The monoisotopic (exact) mass is 309 g/mol. The number of nitrogens with zero attached hydrogens (tertiary/aromatic N) is 3. The summed E-state index contributed by atoms with van der Waals surface area (Å²) in [5.74, 6) is 0.853. The maximum Gasteiger partial charge on any atom is 0.227 e. The van der Waals surface area contributed by atoms with Gasteiger partial charge in [0.1, 0.15) is 0 Å². The quantitative estimate of drug-likeness (QED) is 0.738. The Balaban J connectivity index is 1.43. The molecule has 0 aromatic heterocycles. The van der Waals surface area contributed by atoms with Crippen molar-refractivity contribution in [3.8, 4) is 0 Å². The molecule has 3 fully saturated rings. The largest absolute Gasteiger partial charge is 0.379 e. The van der Waals surface area contributed by atoms with E-state index in [2.05, 4.69) is 4.90 Å². The van der Waals surface area contributed by atoms with Crippen LogP contribution in [0.2, 0.25) is 0 Å². The first kappa shape index (κ1) is 15.7. The Kier molecular flexibility index (Phi) is 4.98. The van der Waals surface area contributed by atoms with Crippen LogP contribution in [0.25, 0.3) is 0 Å². The number of piperidine rings is 1. The number of likely N-dealkylation sites (tertiary alicyclic amines) is 2. The molecule has 0 N–H and O–H groups in total. The molecule has 2 amide bonds. The van der Waals surface area contributed by atoms with Gasteiger partial charge in [0, 0.05) is 52.7 Å². The second-order valence-corrected chi connectivity index (χ2v) is 6.86. The molecule has 0 radical (unpaired) electrons. The topological polar surface area (TPSA) is 53.1 Å². The van der Waals surface area contributed by atoms with Gasteiger partial charge < -0.3 is 14.5 Å². The maximum absolute atomic E-state index is 12.5. The first-order chi connectivity index (χ1) is 10.6. The van der Waals surface area contributed by atoms with Crippen molar-refractivity contribution in [1.29, 1.82) is 0 Å². The van der Waals surface area contributed by atoms with E-state index < -0.39 is 0 Å². The van der Waals surface area contributed by atoms with Crippen LogP contribution < -0.4 is 0 Å². The number of carbonyl (C=O) groups is 2. The predicted molar refractivity (Wildman–Crippen MR) is 82.3 cm³/mol. The van der Waals surface area contributed by atoms with Gasteiger partial charge in [-0.2, -0.15) is 0 Å². The lowest BCUT2D eigenvalue weighted by atomic mass is 9.94. The molecule has 3 saturated heterocycles. The van der Waals surface area contributed by atoms with Gasteiger partial charge in [-0.1, -0.05) is 0 Å². The van der Waals surface area contributed by atoms with E-state index in [4.69, 9.17) is 4.74 Å². The fraction of sp³-hybridized carbons (Fsp3) is 0.875. The molecule has 3 heterocycles. The zero-order valence-electron chi connectivity index (χ0n) is 13.5. The second-order valence-electron chi connectivity index (χ2n) is 6.86. The van der Waals surface area contributed by atoms with Crippen molar-refractivity contribution in [2.24, 2.45) is 11.8 Å². The Bertz CT molecular complexity index is 415. The van der Waals surface area contributed by atoms with Gasteiger partial charge in [-0.05, 0) is 18.8 Å². The van der Waals surface area contributed by atoms with Gasteiger partial charge in [-0.3, -0.25) is 14.5 Å². The smallest absolute Gasteiger partial charge is 0.227 e. The van der Waals surface area contributed by atoms with E-state index in [9.17, 15) is 9.59 Å². The number of morpholine rings is 1. The Morgan fingerprint density at radius 2 is 1.86 bits per heavy atom. The molecular formula is C16H27N3O3. The molecule has 22 heavy (non-hydrogen) atoms. The standard InChI is InChI=1S/C16H27N3O3/c1-17-12-14(10-15(17)20)16(21)19-4-2-13(3-5-19)11-18-6-8-22-9-7-18/h13-14H,2-12H2,1H3/t14-/m1/s1. The minimum Gasteiger partial charge on any atom is -0.379 e. The van der Waals surface area contributed by atoms with Gasteiger partial charge in [-0.25, -0.2) is 0 Å². The lowest BCUT2D eigenvalue weighted by Gasteiger charge is -2.36. The Hall–Kier alpha value is -1.14. The van der Waals surface area contributed by atoms with Crippen molar-refractivity contribution < 1.29 is 14.3 Å². The van der Waals surface area contributed by atoms with Crippen LogP contribution in [0.3, 0.4) is 0 Å². The third-order valence-electron chi connectivity index (χ3n) is 5.24. The Labute approximate surface area is 132 Å². The van der Waals surface area contributed by atoms with Crippen molar-refractivity contribution in [2.45, 2.75) is 19.3 Å². The van der Waals surface area contributed by atoms with E-state index in [0.29, 0.717) is 18.9 Å². The number of amides is 2. The zero-order chi connectivity index (χ0) is 15.5. The number of hydrogen-bond donors (Lipinski definition) is 0. The summed E-state index contributed by atoms with van der Waals surface area (Å²) in [6.45, 7) is 7.19. The van der Waals surface area contributed by atoms with Crippen LogP contribution in [0.15, 0.2) is 0 Å². The van der Waals surface area contributed by atoms with Crippen LogP contribution in [0.5, 0.6) is 0 Å². The number of hydrogen-bond acceptors (Lipinski definition) is 4. The minimum atomic E-state index is -0.117. The molecule has 0 spiro atoms. The summed E-state index contributed by atoms with van der Waals surface area (Å²) in [6, 6.07) is 0. The van der Waals surface area contributed by atoms with Gasteiger partial charge in [0.15, 0.2) is 0 Å². The van der Waals surface area contributed by atoms with E-state index in [1.54, 1.807) is 11.9 Å². The average molecular weight is 309 g/mol. The molecule has 1 atom stereocenters. The summed E-state index contributed by atoms with van der Waals surface area (Å²) < 4.78 is 5.39. The summed E-state index contributed by atoms with van der Waals surface area (Å²) in [6.07, 6.45) is 2.56. The van der Waals surface area contributed by atoms with E-state index in [1.165, 1.54) is 0 Å². The van der Waals surface area contributed by atoms with Crippen LogP contribution in [0.4, 0.5) is 0 Å². The first-order valence-electron chi connectivity index (χ1n) is 8.46. The van der Waals surface area contributed by atoms with E-state index in [-0.39, 0.29) is 17.7 Å². The van der Waals surface area contributed by atoms with Crippen LogP contribution >= 0.6 is 0 Å². The molecule has 3 aliphatic heterocycles. The van der Waals surface area contributed by atoms with Crippen molar-refractivity contribution in [1.82, 2.24) is 14.7 Å². The lowest BCUT2D eigenvalue weighted by molar-refractivity contribution is -0.137. The zero-order valence-corrected chi connectivity index (χ0v) is 13.5. The van der Waals surface area contributed by atoms with Crippen LogP contribution in [0, 0.1) is 11.8 Å². The SMILES string of the molecule is CN1C[C@H](C(=O)N2CCC(CN3CCOCC3)CC2)CC1=O. The molecule has 124 valence electrons. The van der Waals surface area contributed by atoms with Gasteiger partial charge in [0.2, 0.25) is 11.8 Å². The van der Waals surface area contributed by atoms with Crippen molar-refractivity contribution in [3.63, 3.8) is 0 Å². The average Bonchev–Trinajstić information content (AvgIpc) is 2.88. The highest BCUT2D eigenvalue weighted by Gasteiger charge is 2.36.